The molecule has 7 heteroatoms. The summed E-state index contributed by atoms with van der Waals surface area (Å²) in [7, 11) is -2.08. The Labute approximate surface area is 127 Å². The van der Waals surface area contributed by atoms with Crippen molar-refractivity contribution in [1.82, 2.24) is 14.5 Å². The van der Waals surface area contributed by atoms with Gasteiger partial charge in [-0.25, -0.2) is 13.1 Å². The van der Waals surface area contributed by atoms with E-state index in [9.17, 15) is 8.42 Å². The van der Waals surface area contributed by atoms with Gasteiger partial charge in [0.05, 0.1) is 12.3 Å². The van der Waals surface area contributed by atoms with Crippen LogP contribution in [0.5, 0.6) is 0 Å². The van der Waals surface area contributed by atoms with Gasteiger partial charge in [-0.3, -0.25) is 4.68 Å². The minimum atomic E-state index is -3.62. The summed E-state index contributed by atoms with van der Waals surface area (Å²) in [6.07, 6.45) is 1.60. The van der Waals surface area contributed by atoms with E-state index in [-0.39, 0.29) is 22.4 Å². The van der Waals surface area contributed by atoms with E-state index < -0.39 is 10.0 Å². The SMILES string of the molecule is COCC(C)NS(=O)(=O)c1cn(C(C)C)nc1C(C)(C)C. The second-order valence-electron chi connectivity index (χ2n) is 6.64. The van der Waals surface area contributed by atoms with Gasteiger partial charge in [0.25, 0.3) is 0 Å². The lowest BCUT2D eigenvalue weighted by molar-refractivity contribution is 0.180. The van der Waals surface area contributed by atoms with Crippen LogP contribution in [0.1, 0.15) is 53.3 Å². The first-order valence-electron chi connectivity index (χ1n) is 7.10. The molecule has 6 nitrogen and oxygen atoms in total. The van der Waals surface area contributed by atoms with Crippen LogP contribution in [0.25, 0.3) is 0 Å². The van der Waals surface area contributed by atoms with Crippen LogP contribution < -0.4 is 4.72 Å². The molecule has 0 bridgehead atoms. The average Bonchev–Trinajstić information content (AvgIpc) is 2.73. The molecule has 1 atom stereocenters. The Morgan fingerprint density at radius 2 is 1.90 bits per heavy atom. The molecule has 1 N–H and O–H groups in total. The van der Waals surface area contributed by atoms with Gasteiger partial charge in [-0.05, 0) is 20.8 Å². The standard InChI is InChI=1S/C14H27N3O3S/c1-10(2)17-8-12(13(15-17)14(4,5)6)21(18,19)16-11(3)9-20-7/h8,10-11,16H,9H2,1-7H3. The molecule has 1 unspecified atom stereocenters. The molecule has 0 aromatic carbocycles. The lowest BCUT2D eigenvalue weighted by Crippen LogP contribution is -2.36. The van der Waals surface area contributed by atoms with Crippen LogP contribution in [0.4, 0.5) is 0 Å². The van der Waals surface area contributed by atoms with Gasteiger partial charge in [0.2, 0.25) is 10.0 Å². The van der Waals surface area contributed by atoms with E-state index >= 15 is 0 Å². The number of nitrogens with one attached hydrogen (secondary N) is 1. The summed E-state index contributed by atoms with van der Waals surface area (Å²) in [4.78, 5) is 0.242. The normalized spacial score (nSPS) is 14.7. The van der Waals surface area contributed by atoms with E-state index in [0.29, 0.717) is 12.3 Å². The van der Waals surface area contributed by atoms with E-state index in [0.717, 1.165) is 0 Å². The van der Waals surface area contributed by atoms with Crippen molar-refractivity contribution in [3.8, 4) is 0 Å². The molecule has 21 heavy (non-hydrogen) atoms. The summed E-state index contributed by atoms with van der Waals surface area (Å²) >= 11 is 0. The molecular weight excluding hydrogens is 290 g/mol. The highest BCUT2D eigenvalue weighted by Gasteiger charge is 2.31. The highest BCUT2D eigenvalue weighted by Crippen LogP contribution is 2.28. The third-order valence-electron chi connectivity index (χ3n) is 3.00. The number of rotatable bonds is 6. The van der Waals surface area contributed by atoms with Gasteiger partial charge >= 0.3 is 0 Å². The Morgan fingerprint density at radius 3 is 2.33 bits per heavy atom. The van der Waals surface area contributed by atoms with Gasteiger partial charge in [0.1, 0.15) is 4.90 Å². The van der Waals surface area contributed by atoms with Crippen molar-refractivity contribution < 1.29 is 13.2 Å². The fraction of sp³-hybridized carbons (Fsp3) is 0.786. The third-order valence-corrected chi connectivity index (χ3v) is 4.59. The Hall–Kier alpha value is -0.920. The monoisotopic (exact) mass is 317 g/mol. The van der Waals surface area contributed by atoms with Crippen LogP contribution in [0.15, 0.2) is 11.1 Å². The smallest absolute Gasteiger partial charge is 0.244 e. The van der Waals surface area contributed by atoms with Crippen molar-refractivity contribution in [1.29, 1.82) is 0 Å². The lowest BCUT2D eigenvalue weighted by Gasteiger charge is -2.19. The third kappa shape index (κ3) is 4.52. The molecule has 0 fully saturated rings. The molecule has 0 spiro atoms. The molecule has 0 saturated carbocycles. The quantitative estimate of drug-likeness (QED) is 0.872. The molecule has 0 aliphatic rings. The Balaban J connectivity index is 3.27. The first kappa shape index (κ1) is 18.1. The van der Waals surface area contributed by atoms with Crippen LogP contribution in [-0.4, -0.2) is 38.0 Å². The van der Waals surface area contributed by atoms with Gasteiger partial charge in [0.15, 0.2) is 0 Å². The van der Waals surface area contributed by atoms with Crippen molar-refractivity contribution in [2.24, 2.45) is 0 Å². The van der Waals surface area contributed by atoms with E-state index in [2.05, 4.69) is 9.82 Å². The molecule has 1 heterocycles. The van der Waals surface area contributed by atoms with Crippen molar-refractivity contribution in [2.45, 2.75) is 63.9 Å². The van der Waals surface area contributed by atoms with Crippen LogP contribution in [0, 0.1) is 0 Å². The predicted molar refractivity (Wildman–Crippen MR) is 83.0 cm³/mol. The van der Waals surface area contributed by atoms with Gasteiger partial charge < -0.3 is 4.74 Å². The molecule has 0 aliphatic heterocycles. The fourth-order valence-electron chi connectivity index (χ4n) is 1.97. The van der Waals surface area contributed by atoms with Crippen molar-refractivity contribution in [3.63, 3.8) is 0 Å². The molecule has 0 radical (unpaired) electrons. The summed E-state index contributed by atoms with van der Waals surface area (Å²) in [6.45, 7) is 11.9. The zero-order chi connectivity index (χ0) is 16.4. The molecular formula is C14H27N3O3S. The maximum Gasteiger partial charge on any atom is 0.244 e. The minimum Gasteiger partial charge on any atom is -0.383 e. The summed E-state index contributed by atoms with van der Waals surface area (Å²) in [6, 6.07) is -0.193. The average molecular weight is 317 g/mol. The summed E-state index contributed by atoms with van der Waals surface area (Å²) < 4.78 is 34.5. The molecule has 1 aromatic rings. The van der Waals surface area contributed by atoms with Gasteiger partial charge in [-0.2, -0.15) is 5.10 Å². The summed E-state index contributed by atoms with van der Waals surface area (Å²) in [5, 5.41) is 4.47. The second kappa shape index (κ2) is 6.46. The Bertz CT molecular complexity index is 571. The topological polar surface area (TPSA) is 73.2 Å². The van der Waals surface area contributed by atoms with Gasteiger partial charge in [0, 0.05) is 30.8 Å². The fourth-order valence-corrected chi connectivity index (χ4v) is 3.54. The number of nitrogens with zero attached hydrogens (tertiary/aromatic N) is 2. The number of methoxy groups -OCH3 is 1. The number of hydrogen-bond donors (Lipinski definition) is 1. The Morgan fingerprint density at radius 1 is 1.33 bits per heavy atom. The van der Waals surface area contributed by atoms with E-state index in [1.807, 2.05) is 34.6 Å². The summed E-state index contributed by atoms with van der Waals surface area (Å²) in [5.74, 6) is 0. The van der Waals surface area contributed by atoms with Crippen molar-refractivity contribution >= 4 is 10.0 Å². The highest BCUT2D eigenvalue weighted by atomic mass is 32.2. The number of ether oxygens (including phenoxy) is 1. The van der Waals surface area contributed by atoms with E-state index in [1.54, 1.807) is 24.9 Å². The van der Waals surface area contributed by atoms with Crippen LogP contribution in [0.3, 0.4) is 0 Å². The first-order valence-corrected chi connectivity index (χ1v) is 8.58. The number of sulfonamides is 1. The maximum absolute atomic E-state index is 12.6. The largest absolute Gasteiger partial charge is 0.383 e. The van der Waals surface area contributed by atoms with Crippen LogP contribution in [0.2, 0.25) is 0 Å². The van der Waals surface area contributed by atoms with Crippen molar-refractivity contribution in [3.05, 3.63) is 11.9 Å². The molecule has 0 amide bonds. The second-order valence-corrected chi connectivity index (χ2v) is 8.33. The minimum absolute atomic E-state index is 0.103. The molecule has 0 saturated heterocycles. The molecule has 1 aromatic heterocycles. The zero-order valence-corrected chi connectivity index (χ0v) is 14.8. The highest BCUT2D eigenvalue weighted by molar-refractivity contribution is 7.89. The number of aromatic nitrogens is 2. The maximum atomic E-state index is 12.6. The van der Waals surface area contributed by atoms with E-state index in [1.165, 1.54) is 0 Å². The summed E-state index contributed by atoms with van der Waals surface area (Å²) in [5.41, 5.74) is 0.225. The lowest BCUT2D eigenvalue weighted by atomic mass is 9.92. The Kier molecular flexibility index (Phi) is 5.57. The van der Waals surface area contributed by atoms with Crippen LogP contribution >= 0.6 is 0 Å². The van der Waals surface area contributed by atoms with E-state index in [4.69, 9.17) is 4.74 Å². The zero-order valence-electron chi connectivity index (χ0n) is 14.0. The van der Waals surface area contributed by atoms with Gasteiger partial charge in [-0.15, -0.1) is 0 Å². The van der Waals surface area contributed by atoms with Gasteiger partial charge in [-0.1, -0.05) is 20.8 Å². The first-order chi connectivity index (χ1) is 9.49. The van der Waals surface area contributed by atoms with Crippen LogP contribution in [-0.2, 0) is 20.2 Å². The number of hydrogen-bond acceptors (Lipinski definition) is 4. The predicted octanol–water partition coefficient (Wildman–Crippen LogP) is 2.07. The molecule has 122 valence electrons. The molecule has 0 aliphatic carbocycles. The van der Waals surface area contributed by atoms with Crippen molar-refractivity contribution in [2.75, 3.05) is 13.7 Å². The molecule has 1 rings (SSSR count).